The Labute approximate surface area is 142 Å². The molecule has 0 bridgehead atoms. The van der Waals surface area contributed by atoms with Gasteiger partial charge >= 0.3 is 5.97 Å². The van der Waals surface area contributed by atoms with Gasteiger partial charge in [0.05, 0.1) is 7.11 Å². The second-order valence-corrected chi connectivity index (χ2v) is 5.96. The Bertz CT molecular complexity index is 727. The largest absolute Gasteiger partial charge is 0.467 e. The van der Waals surface area contributed by atoms with Crippen LogP contribution in [-0.4, -0.2) is 25.0 Å². The minimum atomic E-state index is -0.534. The van der Waals surface area contributed by atoms with Crippen LogP contribution in [0.4, 0.5) is 5.69 Å². The molecule has 4 nitrogen and oxygen atoms in total. The number of esters is 1. The summed E-state index contributed by atoms with van der Waals surface area (Å²) in [6.45, 7) is 0. The number of fused-ring (bicyclic) bond motifs is 1. The van der Waals surface area contributed by atoms with Crippen LogP contribution in [0.3, 0.4) is 0 Å². The predicted molar refractivity (Wildman–Crippen MR) is 92.8 cm³/mol. The minimum Gasteiger partial charge on any atom is -0.467 e. The monoisotopic (exact) mass is 323 g/mol. The molecule has 2 aromatic rings. The van der Waals surface area contributed by atoms with Crippen molar-refractivity contribution in [2.24, 2.45) is 0 Å². The summed E-state index contributed by atoms with van der Waals surface area (Å²) in [5.41, 5.74) is 3.05. The summed E-state index contributed by atoms with van der Waals surface area (Å²) in [6, 6.07) is 17.2. The van der Waals surface area contributed by atoms with Crippen LogP contribution >= 0.6 is 0 Å². The predicted octanol–water partition coefficient (Wildman–Crippen LogP) is 3.14. The molecule has 1 heterocycles. The summed E-state index contributed by atoms with van der Waals surface area (Å²) in [7, 11) is 1.37. The number of carbonyl (C=O) groups is 2. The van der Waals surface area contributed by atoms with Crippen LogP contribution in [0.15, 0.2) is 54.6 Å². The van der Waals surface area contributed by atoms with Crippen LogP contribution in [-0.2, 0) is 27.2 Å². The number of benzene rings is 2. The van der Waals surface area contributed by atoms with Crippen molar-refractivity contribution in [3.63, 3.8) is 0 Å². The Balaban J connectivity index is 1.83. The second kappa shape index (κ2) is 7.30. The van der Waals surface area contributed by atoms with E-state index in [1.165, 1.54) is 7.11 Å². The van der Waals surface area contributed by atoms with E-state index in [0.29, 0.717) is 19.3 Å². The number of ether oxygens (including phenoxy) is 1. The molecule has 0 aliphatic carbocycles. The van der Waals surface area contributed by atoms with Gasteiger partial charge in [-0.3, -0.25) is 9.69 Å². The lowest BCUT2D eigenvalue weighted by Crippen LogP contribution is -2.48. The molecule has 3 rings (SSSR count). The zero-order valence-corrected chi connectivity index (χ0v) is 13.8. The van der Waals surface area contributed by atoms with Gasteiger partial charge in [0.2, 0.25) is 5.91 Å². The molecule has 0 N–H and O–H groups in total. The van der Waals surface area contributed by atoms with Crippen molar-refractivity contribution in [1.29, 1.82) is 0 Å². The van der Waals surface area contributed by atoms with E-state index >= 15 is 0 Å². The lowest BCUT2D eigenvalue weighted by Gasteiger charge is -2.35. The van der Waals surface area contributed by atoms with Crippen molar-refractivity contribution in [3.8, 4) is 0 Å². The first-order valence-electron chi connectivity index (χ1n) is 8.22. The van der Waals surface area contributed by atoms with E-state index in [4.69, 9.17) is 4.74 Å². The van der Waals surface area contributed by atoms with Gasteiger partial charge in [0, 0.05) is 12.1 Å². The molecule has 0 aromatic heterocycles. The van der Waals surface area contributed by atoms with Gasteiger partial charge in [-0.1, -0.05) is 48.5 Å². The Morgan fingerprint density at radius 1 is 1.08 bits per heavy atom. The number of anilines is 1. The standard InChI is InChI=1S/C20H21NO3/c1-24-20(23)18-13-12-16-9-5-6-10-17(16)21(18)19(22)14-11-15-7-3-2-4-8-15/h2-10,18H,11-14H2,1H3/t18-/m1/s1. The number of aryl methyl sites for hydroxylation is 2. The van der Waals surface area contributed by atoms with E-state index in [2.05, 4.69) is 0 Å². The third kappa shape index (κ3) is 3.32. The molecule has 1 aliphatic heterocycles. The highest BCUT2D eigenvalue weighted by atomic mass is 16.5. The summed E-state index contributed by atoms with van der Waals surface area (Å²) in [5, 5.41) is 0. The van der Waals surface area contributed by atoms with Crippen LogP contribution in [0.25, 0.3) is 0 Å². The van der Waals surface area contributed by atoms with Gasteiger partial charge in [-0.2, -0.15) is 0 Å². The van der Waals surface area contributed by atoms with E-state index in [1.54, 1.807) is 4.90 Å². The highest BCUT2D eigenvalue weighted by Gasteiger charge is 2.35. The summed E-state index contributed by atoms with van der Waals surface area (Å²) in [4.78, 5) is 26.7. The Hall–Kier alpha value is -2.62. The smallest absolute Gasteiger partial charge is 0.328 e. The van der Waals surface area contributed by atoms with Gasteiger partial charge in [0.15, 0.2) is 0 Å². The van der Waals surface area contributed by atoms with E-state index in [-0.39, 0.29) is 11.9 Å². The number of amides is 1. The van der Waals surface area contributed by atoms with Gasteiger partial charge in [-0.05, 0) is 36.5 Å². The number of hydrogen-bond donors (Lipinski definition) is 0. The van der Waals surface area contributed by atoms with E-state index < -0.39 is 6.04 Å². The Morgan fingerprint density at radius 3 is 2.54 bits per heavy atom. The molecule has 4 heteroatoms. The summed E-state index contributed by atoms with van der Waals surface area (Å²) in [6.07, 6.45) is 2.40. The number of rotatable bonds is 4. The van der Waals surface area contributed by atoms with E-state index in [9.17, 15) is 9.59 Å². The lowest BCUT2D eigenvalue weighted by molar-refractivity contribution is -0.143. The first-order valence-corrected chi connectivity index (χ1v) is 8.22. The maximum absolute atomic E-state index is 12.9. The average Bonchev–Trinajstić information content (AvgIpc) is 2.65. The maximum Gasteiger partial charge on any atom is 0.328 e. The molecular weight excluding hydrogens is 302 g/mol. The fourth-order valence-corrected chi connectivity index (χ4v) is 3.23. The molecule has 124 valence electrons. The third-order valence-electron chi connectivity index (χ3n) is 4.46. The van der Waals surface area contributed by atoms with Crippen molar-refractivity contribution in [1.82, 2.24) is 0 Å². The van der Waals surface area contributed by atoms with Gasteiger partial charge < -0.3 is 4.74 Å². The molecule has 1 atom stereocenters. The Morgan fingerprint density at radius 2 is 1.79 bits per heavy atom. The van der Waals surface area contributed by atoms with Crippen LogP contribution in [0, 0.1) is 0 Å². The summed E-state index contributed by atoms with van der Waals surface area (Å²) in [5.74, 6) is -0.390. The highest BCUT2D eigenvalue weighted by molar-refractivity contribution is 6.00. The molecular formula is C20H21NO3. The van der Waals surface area contributed by atoms with Crippen LogP contribution in [0.1, 0.15) is 24.0 Å². The van der Waals surface area contributed by atoms with Gasteiger partial charge in [0.25, 0.3) is 0 Å². The van der Waals surface area contributed by atoms with Crippen LogP contribution in [0.2, 0.25) is 0 Å². The molecule has 0 unspecified atom stereocenters. The minimum absolute atomic E-state index is 0.0404. The van der Waals surface area contributed by atoms with E-state index in [1.807, 2.05) is 54.6 Å². The second-order valence-electron chi connectivity index (χ2n) is 5.96. The van der Waals surface area contributed by atoms with Crippen LogP contribution < -0.4 is 4.90 Å². The number of hydrogen-bond acceptors (Lipinski definition) is 3. The van der Waals surface area contributed by atoms with Crippen molar-refractivity contribution in [3.05, 3.63) is 65.7 Å². The molecule has 24 heavy (non-hydrogen) atoms. The molecule has 0 saturated heterocycles. The van der Waals surface area contributed by atoms with Crippen LogP contribution in [0.5, 0.6) is 0 Å². The fraction of sp³-hybridized carbons (Fsp3) is 0.300. The number of methoxy groups -OCH3 is 1. The topological polar surface area (TPSA) is 46.6 Å². The number of carbonyl (C=O) groups excluding carboxylic acids is 2. The molecule has 1 amide bonds. The molecule has 0 saturated carbocycles. The molecule has 0 spiro atoms. The quantitative estimate of drug-likeness (QED) is 0.812. The van der Waals surface area contributed by atoms with Crippen molar-refractivity contribution < 1.29 is 14.3 Å². The van der Waals surface area contributed by atoms with Gasteiger partial charge in [-0.25, -0.2) is 4.79 Å². The molecule has 2 aromatic carbocycles. The summed E-state index contributed by atoms with van der Waals surface area (Å²) < 4.78 is 4.92. The normalized spacial score (nSPS) is 16.4. The highest BCUT2D eigenvalue weighted by Crippen LogP contribution is 2.31. The van der Waals surface area contributed by atoms with Gasteiger partial charge in [-0.15, -0.1) is 0 Å². The van der Waals surface area contributed by atoms with Crippen molar-refractivity contribution in [2.75, 3.05) is 12.0 Å². The van der Waals surface area contributed by atoms with E-state index in [0.717, 1.165) is 23.2 Å². The third-order valence-corrected chi connectivity index (χ3v) is 4.46. The van der Waals surface area contributed by atoms with Crippen molar-refractivity contribution in [2.45, 2.75) is 31.7 Å². The average molecular weight is 323 g/mol. The Kier molecular flexibility index (Phi) is 4.94. The SMILES string of the molecule is COC(=O)[C@H]1CCc2ccccc2N1C(=O)CCc1ccccc1. The van der Waals surface area contributed by atoms with Crippen molar-refractivity contribution >= 4 is 17.6 Å². The lowest BCUT2D eigenvalue weighted by atomic mass is 9.95. The zero-order chi connectivity index (χ0) is 16.9. The first kappa shape index (κ1) is 16.2. The molecule has 0 radical (unpaired) electrons. The number of nitrogens with zero attached hydrogens (tertiary/aromatic N) is 1. The first-order chi connectivity index (χ1) is 11.7. The molecule has 0 fully saturated rings. The zero-order valence-electron chi connectivity index (χ0n) is 13.8. The van der Waals surface area contributed by atoms with Gasteiger partial charge in [0.1, 0.15) is 6.04 Å². The summed E-state index contributed by atoms with van der Waals surface area (Å²) >= 11 is 0. The number of para-hydroxylation sites is 1. The maximum atomic E-state index is 12.9. The molecule has 1 aliphatic rings. The fourth-order valence-electron chi connectivity index (χ4n) is 3.23.